The van der Waals surface area contributed by atoms with Crippen LogP contribution >= 0.6 is 23.5 Å². The summed E-state index contributed by atoms with van der Waals surface area (Å²) in [7, 11) is 0. The number of thioether (sulfide) groups is 2. The van der Waals surface area contributed by atoms with Crippen LogP contribution in [0.3, 0.4) is 0 Å². The Morgan fingerprint density at radius 3 is 1.44 bits per heavy atom. The summed E-state index contributed by atoms with van der Waals surface area (Å²) in [5, 5.41) is 0. The van der Waals surface area contributed by atoms with Gasteiger partial charge in [0.1, 0.15) is 11.5 Å². The maximum Gasteiger partial charge on any atom is 0.119 e. The van der Waals surface area contributed by atoms with Crippen LogP contribution < -0.4 is 9.47 Å². The monoisotopic (exact) mass is 400 g/mol. The summed E-state index contributed by atoms with van der Waals surface area (Å²) in [6, 6.07) is 17.6. The third-order valence-corrected chi connectivity index (χ3v) is 7.53. The van der Waals surface area contributed by atoms with Crippen molar-refractivity contribution in [2.45, 2.75) is 31.1 Å². The molecule has 0 aromatic heterocycles. The first-order chi connectivity index (χ1) is 13.4. The Balaban J connectivity index is 1.45. The third kappa shape index (κ3) is 5.17. The smallest absolute Gasteiger partial charge is 0.119 e. The van der Waals surface area contributed by atoms with Gasteiger partial charge in [-0.2, -0.15) is 23.5 Å². The molecule has 3 aliphatic heterocycles. The first-order valence-electron chi connectivity index (χ1n) is 10.0. The van der Waals surface area contributed by atoms with Crippen molar-refractivity contribution in [3.05, 3.63) is 59.7 Å². The Labute approximate surface area is 171 Å². The molecule has 0 radical (unpaired) electrons. The third-order valence-electron chi connectivity index (χ3n) is 5.46. The van der Waals surface area contributed by atoms with Crippen LogP contribution in [-0.4, -0.2) is 36.2 Å². The van der Waals surface area contributed by atoms with Gasteiger partial charge in [0.25, 0.3) is 0 Å². The molecular weight excluding hydrogens is 372 g/mol. The first kappa shape index (κ1) is 19.1. The zero-order valence-electron chi connectivity index (χ0n) is 15.8. The average Bonchev–Trinajstić information content (AvgIpc) is 2.67. The van der Waals surface area contributed by atoms with Crippen LogP contribution in [0.2, 0.25) is 0 Å². The highest BCUT2D eigenvalue weighted by Crippen LogP contribution is 2.49. The molecule has 3 heterocycles. The van der Waals surface area contributed by atoms with Crippen molar-refractivity contribution in [2.75, 3.05) is 36.2 Å². The summed E-state index contributed by atoms with van der Waals surface area (Å²) in [5.74, 6) is 7.80. The van der Waals surface area contributed by atoms with Gasteiger partial charge in [-0.25, -0.2) is 0 Å². The number of ether oxygens (including phenoxy) is 2. The highest BCUT2D eigenvalue weighted by molar-refractivity contribution is 8.00. The molecule has 0 N–H and O–H groups in total. The number of benzene rings is 2. The average molecular weight is 401 g/mol. The summed E-state index contributed by atoms with van der Waals surface area (Å²) >= 11 is 3.98. The highest BCUT2D eigenvalue weighted by Gasteiger charge is 2.33. The molecule has 2 nitrogen and oxygen atoms in total. The minimum Gasteiger partial charge on any atom is -0.493 e. The van der Waals surface area contributed by atoms with Gasteiger partial charge in [-0.3, -0.25) is 0 Å². The predicted octanol–water partition coefficient (Wildman–Crippen LogP) is 5.98. The Hall–Kier alpha value is -1.26. The van der Waals surface area contributed by atoms with Gasteiger partial charge in [0.15, 0.2) is 0 Å². The Morgan fingerprint density at radius 1 is 0.593 bits per heavy atom. The minimum atomic E-state index is 0.631. The fourth-order valence-electron chi connectivity index (χ4n) is 3.82. The second-order valence-electron chi connectivity index (χ2n) is 7.20. The van der Waals surface area contributed by atoms with Crippen LogP contribution in [0, 0.1) is 0 Å². The van der Waals surface area contributed by atoms with E-state index in [2.05, 4.69) is 48.5 Å². The number of rotatable bonds is 0. The molecule has 27 heavy (non-hydrogen) atoms. The summed E-state index contributed by atoms with van der Waals surface area (Å²) in [6.07, 6.45) is 3.80. The Morgan fingerprint density at radius 2 is 1.04 bits per heavy atom. The number of fused-ring (bicyclic) bond motifs is 2. The van der Waals surface area contributed by atoms with Crippen LogP contribution in [0.4, 0.5) is 0 Å². The Bertz CT molecular complexity index is 638. The van der Waals surface area contributed by atoms with E-state index in [1.165, 1.54) is 41.9 Å². The lowest BCUT2D eigenvalue weighted by atomic mass is 9.67. The predicted molar refractivity (Wildman–Crippen MR) is 118 cm³/mol. The lowest BCUT2D eigenvalue weighted by molar-refractivity contribution is 0.335. The van der Waals surface area contributed by atoms with Crippen LogP contribution in [0.15, 0.2) is 48.5 Å². The van der Waals surface area contributed by atoms with E-state index in [4.69, 9.17) is 9.47 Å². The summed E-state index contributed by atoms with van der Waals surface area (Å²) in [5.41, 5.74) is 2.88. The molecule has 6 rings (SSSR count). The van der Waals surface area contributed by atoms with Crippen molar-refractivity contribution in [2.24, 2.45) is 0 Å². The van der Waals surface area contributed by atoms with Crippen LogP contribution in [0.1, 0.15) is 42.2 Å². The summed E-state index contributed by atoms with van der Waals surface area (Å²) in [4.78, 5) is 0. The normalized spacial score (nSPS) is 24.0. The van der Waals surface area contributed by atoms with E-state index < -0.39 is 0 Å². The van der Waals surface area contributed by atoms with Gasteiger partial charge in [0.2, 0.25) is 0 Å². The fourth-order valence-corrected chi connectivity index (χ4v) is 5.51. The summed E-state index contributed by atoms with van der Waals surface area (Å²) < 4.78 is 11.8. The quantitative estimate of drug-likeness (QED) is 0.541. The van der Waals surface area contributed by atoms with Gasteiger partial charge in [-0.05, 0) is 78.0 Å². The van der Waals surface area contributed by atoms with Crippen LogP contribution in [0.25, 0.3) is 0 Å². The van der Waals surface area contributed by atoms with Crippen molar-refractivity contribution in [1.82, 2.24) is 0 Å². The second-order valence-corrected chi connectivity index (χ2v) is 9.65. The molecule has 4 heteroatoms. The van der Waals surface area contributed by atoms with E-state index in [1.807, 2.05) is 23.5 Å². The van der Waals surface area contributed by atoms with Crippen LogP contribution in [-0.2, 0) is 0 Å². The van der Waals surface area contributed by atoms with Crippen molar-refractivity contribution in [1.29, 1.82) is 0 Å². The zero-order valence-corrected chi connectivity index (χ0v) is 17.4. The minimum absolute atomic E-state index is 0.631. The fraction of sp³-hybridized carbons (Fsp3) is 0.478. The molecule has 1 fully saturated rings. The molecule has 1 saturated carbocycles. The summed E-state index contributed by atoms with van der Waals surface area (Å²) in [6.45, 7) is 1.59. The molecule has 2 aromatic rings. The molecule has 2 aromatic carbocycles. The van der Waals surface area contributed by atoms with E-state index in [0.29, 0.717) is 11.8 Å². The van der Waals surface area contributed by atoms with Crippen LogP contribution in [0.5, 0.6) is 11.5 Å². The zero-order chi connectivity index (χ0) is 18.3. The van der Waals surface area contributed by atoms with Crippen molar-refractivity contribution >= 4 is 23.5 Å². The maximum absolute atomic E-state index is 5.91. The molecule has 144 valence electrons. The molecule has 0 saturated heterocycles. The van der Waals surface area contributed by atoms with Gasteiger partial charge in [0, 0.05) is 11.5 Å². The molecule has 4 bridgehead atoms. The topological polar surface area (TPSA) is 18.5 Å². The maximum atomic E-state index is 5.91. The molecular formula is C23H28O2S2. The molecule has 0 amide bonds. The molecule has 0 spiro atoms. The standard InChI is InChI=1S/C23H28O2S2/c1-14-26-16-12-24-20-6-2-18(3-7-20)22-10-11-23(22)19-4-8-21(9-5-19)25-13-17-27-15-1/h2-9,22-23H,1,10-17H2. The molecule has 2 atom stereocenters. The number of hydrogen-bond donors (Lipinski definition) is 0. The second kappa shape index (κ2) is 9.79. The Kier molecular flexibility index (Phi) is 6.92. The van der Waals surface area contributed by atoms with Gasteiger partial charge in [0.05, 0.1) is 13.2 Å². The van der Waals surface area contributed by atoms with Crippen molar-refractivity contribution < 1.29 is 9.47 Å². The molecule has 2 unspecified atom stereocenters. The van der Waals surface area contributed by atoms with Gasteiger partial charge in [-0.15, -0.1) is 0 Å². The van der Waals surface area contributed by atoms with E-state index in [9.17, 15) is 0 Å². The lowest BCUT2D eigenvalue weighted by Crippen LogP contribution is -2.21. The lowest BCUT2D eigenvalue weighted by Gasteiger charge is -2.37. The van der Waals surface area contributed by atoms with E-state index in [0.717, 1.165) is 36.2 Å². The van der Waals surface area contributed by atoms with Gasteiger partial charge < -0.3 is 9.47 Å². The molecule has 1 aliphatic carbocycles. The highest BCUT2D eigenvalue weighted by atomic mass is 32.2. The van der Waals surface area contributed by atoms with Gasteiger partial charge in [-0.1, -0.05) is 24.3 Å². The van der Waals surface area contributed by atoms with E-state index in [1.54, 1.807) is 0 Å². The van der Waals surface area contributed by atoms with Crippen molar-refractivity contribution in [3.8, 4) is 11.5 Å². The first-order valence-corrected chi connectivity index (χ1v) is 12.3. The van der Waals surface area contributed by atoms with E-state index >= 15 is 0 Å². The van der Waals surface area contributed by atoms with Crippen molar-refractivity contribution in [3.63, 3.8) is 0 Å². The largest absolute Gasteiger partial charge is 0.493 e. The SMILES string of the molecule is c1cc2ccc1OCCSCCCSCCOc1ccc(cc1)C1CCC21. The van der Waals surface area contributed by atoms with Gasteiger partial charge >= 0.3 is 0 Å². The van der Waals surface area contributed by atoms with E-state index in [-0.39, 0.29) is 0 Å². The number of hydrogen-bond acceptors (Lipinski definition) is 4. The molecule has 4 aliphatic rings.